The van der Waals surface area contributed by atoms with Gasteiger partial charge in [-0.05, 0) is 42.0 Å². The van der Waals surface area contributed by atoms with Crippen molar-refractivity contribution in [3.05, 3.63) is 70.9 Å². The Hall–Kier alpha value is -2.46. The van der Waals surface area contributed by atoms with Gasteiger partial charge in [0.2, 0.25) is 0 Å². The summed E-state index contributed by atoms with van der Waals surface area (Å²) in [6, 6.07) is 16.7. The highest BCUT2D eigenvalue weighted by Crippen LogP contribution is 2.46. The number of fused-ring (bicyclic) bond motifs is 1. The molecule has 2 heterocycles. The molecule has 28 heavy (non-hydrogen) atoms. The molecular weight excluding hydrogens is 368 g/mol. The van der Waals surface area contributed by atoms with Crippen LogP contribution >= 0.6 is 11.6 Å². The Labute approximate surface area is 172 Å². The molecule has 146 valence electrons. The Morgan fingerprint density at radius 1 is 0.964 bits per heavy atom. The zero-order valence-electron chi connectivity index (χ0n) is 16.8. The summed E-state index contributed by atoms with van der Waals surface area (Å²) in [5.74, 6) is 0. The highest BCUT2D eigenvalue weighted by atomic mass is 35.5. The molecule has 0 bridgehead atoms. The van der Waals surface area contributed by atoms with Crippen LogP contribution in [0.25, 0.3) is 0 Å². The smallest absolute Gasteiger partial charge is 0.0536 e. The molecule has 0 unspecified atom stereocenters. The maximum atomic E-state index is 5.99. The van der Waals surface area contributed by atoms with E-state index in [1.165, 1.54) is 22.6 Å². The molecule has 2 aromatic carbocycles. The number of benzene rings is 2. The predicted octanol–water partition coefficient (Wildman–Crippen LogP) is 4.76. The molecule has 0 radical (unpaired) electrons. The number of nitrogens with zero attached hydrogens (tertiary/aromatic N) is 4. The van der Waals surface area contributed by atoms with Gasteiger partial charge in [-0.2, -0.15) is 5.10 Å². The van der Waals surface area contributed by atoms with Crippen LogP contribution in [0, 0.1) is 0 Å². The summed E-state index contributed by atoms with van der Waals surface area (Å²) < 4.78 is 0. The number of hydrogen-bond donors (Lipinski definition) is 0. The van der Waals surface area contributed by atoms with E-state index in [1.807, 2.05) is 18.3 Å². The second kappa shape index (κ2) is 7.51. The van der Waals surface area contributed by atoms with Crippen molar-refractivity contribution in [1.29, 1.82) is 0 Å². The average Bonchev–Trinajstić information content (AvgIpc) is 2.90. The lowest BCUT2D eigenvalue weighted by atomic mass is 9.84. The molecule has 2 aliphatic heterocycles. The first kappa shape index (κ1) is 18.9. The molecule has 0 aliphatic carbocycles. The van der Waals surface area contributed by atoms with E-state index in [9.17, 15) is 0 Å². The van der Waals surface area contributed by atoms with Crippen LogP contribution in [-0.4, -0.2) is 44.5 Å². The maximum absolute atomic E-state index is 5.99. The van der Waals surface area contributed by atoms with Crippen LogP contribution in [0.4, 0.5) is 11.4 Å². The van der Waals surface area contributed by atoms with Gasteiger partial charge in [0.05, 0.1) is 13.1 Å². The molecule has 1 fully saturated rings. The van der Waals surface area contributed by atoms with E-state index in [2.05, 4.69) is 78.2 Å². The number of piperazine rings is 1. The summed E-state index contributed by atoms with van der Waals surface area (Å²) in [5, 5.41) is 7.64. The van der Waals surface area contributed by atoms with Crippen LogP contribution in [0.2, 0.25) is 5.02 Å². The molecule has 0 amide bonds. The first-order valence-electron chi connectivity index (χ1n) is 9.80. The minimum Gasteiger partial charge on any atom is -0.368 e. The summed E-state index contributed by atoms with van der Waals surface area (Å²) in [5.41, 5.74) is 5.14. The summed E-state index contributed by atoms with van der Waals surface area (Å²) in [6.45, 7) is 8.32. The van der Waals surface area contributed by atoms with Gasteiger partial charge in [0.1, 0.15) is 0 Å². The standard InChI is InChI=1S/C23H27ClN4/c1-23(2)20-6-4-5-7-21(20)26(3)22(23)12-13-25-28-16-14-27(15-17-28)19-10-8-18(24)9-11-19/h4-13H,14-17H2,1-3H3/b22-12-,25-13-. The number of hydrogen-bond acceptors (Lipinski definition) is 4. The van der Waals surface area contributed by atoms with Gasteiger partial charge in [0.15, 0.2) is 0 Å². The second-order valence-corrected chi connectivity index (χ2v) is 8.37. The molecule has 0 spiro atoms. The van der Waals surface area contributed by atoms with E-state index in [1.54, 1.807) is 0 Å². The van der Waals surface area contributed by atoms with Crippen molar-refractivity contribution in [2.24, 2.45) is 5.10 Å². The molecule has 0 aromatic heterocycles. The Balaban J connectivity index is 1.40. The lowest BCUT2D eigenvalue weighted by molar-refractivity contribution is 0.272. The van der Waals surface area contributed by atoms with Gasteiger partial charge in [-0.15, -0.1) is 0 Å². The van der Waals surface area contributed by atoms with E-state index in [0.29, 0.717) is 0 Å². The molecule has 5 heteroatoms. The van der Waals surface area contributed by atoms with Crippen LogP contribution in [0.1, 0.15) is 19.4 Å². The number of rotatable bonds is 3. The quantitative estimate of drug-likeness (QED) is 0.701. The molecule has 0 N–H and O–H groups in total. The molecular formula is C23H27ClN4. The van der Waals surface area contributed by atoms with Crippen molar-refractivity contribution < 1.29 is 0 Å². The van der Waals surface area contributed by atoms with E-state index in [0.717, 1.165) is 31.2 Å². The van der Waals surface area contributed by atoms with Gasteiger partial charge in [-0.3, -0.25) is 5.01 Å². The van der Waals surface area contributed by atoms with E-state index in [4.69, 9.17) is 16.7 Å². The zero-order chi connectivity index (χ0) is 19.7. The monoisotopic (exact) mass is 394 g/mol. The molecule has 2 aliphatic rings. The van der Waals surface area contributed by atoms with Crippen LogP contribution in [0.3, 0.4) is 0 Å². The summed E-state index contributed by atoms with van der Waals surface area (Å²) in [4.78, 5) is 4.66. The molecule has 0 saturated carbocycles. The van der Waals surface area contributed by atoms with Crippen molar-refractivity contribution in [3.63, 3.8) is 0 Å². The lowest BCUT2D eigenvalue weighted by Crippen LogP contribution is -2.44. The van der Waals surface area contributed by atoms with Crippen LogP contribution < -0.4 is 9.80 Å². The van der Waals surface area contributed by atoms with Gasteiger partial charge >= 0.3 is 0 Å². The number of halogens is 1. The summed E-state index contributed by atoms with van der Waals surface area (Å²) in [6.07, 6.45) is 4.11. The number of hydrazone groups is 1. The maximum Gasteiger partial charge on any atom is 0.0536 e. The topological polar surface area (TPSA) is 22.1 Å². The molecule has 1 saturated heterocycles. The highest BCUT2D eigenvalue weighted by molar-refractivity contribution is 6.30. The number of anilines is 2. The van der Waals surface area contributed by atoms with Crippen molar-refractivity contribution in [2.75, 3.05) is 43.0 Å². The van der Waals surface area contributed by atoms with E-state index < -0.39 is 0 Å². The SMILES string of the molecule is CN1/C(=C\C=N/N2CCN(c3ccc(Cl)cc3)CC2)C(C)(C)c2ccccc21. The number of likely N-dealkylation sites (N-methyl/N-ethyl adjacent to an activating group) is 1. The van der Waals surface area contributed by atoms with Gasteiger partial charge in [0, 0.05) is 53.9 Å². The van der Waals surface area contributed by atoms with E-state index >= 15 is 0 Å². The van der Waals surface area contributed by atoms with Gasteiger partial charge < -0.3 is 9.80 Å². The fourth-order valence-corrected chi connectivity index (χ4v) is 4.35. The zero-order valence-corrected chi connectivity index (χ0v) is 17.5. The normalized spacial score (nSPS) is 20.3. The summed E-state index contributed by atoms with van der Waals surface area (Å²) >= 11 is 5.99. The number of para-hydroxylation sites is 1. The third-order valence-electron chi connectivity index (χ3n) is 5.85. The van der Waals surface area contributed by atoms with Crippen LogP contribution in [0.15, 0.2) is 65.4 Å². The lowest BCUT2D eigenvalue weighted by Gasteiger charge is -2.34. The van der Waals surface area contributed by atoms with Crippen molar-refractivity contribution in [1.82, 2.24) is 5.01 Å². The first-order valence-corrected chi connectivity index (χ1v) is 10.2. The molecule has 2 aromatic rings. The van der Waals surface area contributed by atoms with Crippen LogP contribution in [-0.2, 0) is 5.41 Å². The minimum absolute atomic E-state index is 0.00928. The van der Waals surface area contributed by atoms with Gasteiger partial charge in [-0.1, -0.05) is 43.6 Å². The summed E-state index contributed by atoms with van der Waals surface area (Å²) in [7, 11) is 2.14. The Kier molecular flexibility index (Phi) is 5.07. The fourth-order valence-electron chi connectivity index (χ4n) is 4.22. The Bertz CT molecular complexity index is 893. The third-order valence-corrected chi connectivity index (χ3v) is 6.10. The second-order valence-electron chi connectivity index (χ2n) is 7.93. The molecule has 0 atom stereocenters. The predicted molar refractivity (Wildman–Crippen MR) is 120 cm³/mol. The molecule has 4 nitrogen and oxygen atoms in total. The largest absolute Gasteiger partial charge is 0.368 e. The average molecular weight is 395 g/mol. The van der Waals surface area contributed by atoms with Gasteiger partial charge in [0.25, 0.3) is 0 Å². The first-order chi connectivity index (χ1) is 13.5. The Morgan fingerprint density at radius 3 is 2.32 bits per heavy atom. The highest BCUT2D eigenvalue weighted by Gasteiger charge is 2.37. The van der Waals surface area contributed by atoms with Crippen molar-refractivity contribution >= 4 is 29.2 Å². The number of allylic oxidation sites excluding steroid dienone is 2. The third kappa shape index (κ3) is 3.49. The van der Waals surface area contributed by atoms with Crippen LogP contribution in [0.5, 0.6) is 0 Å². The van der Waals surface area contributed by atoms with Gasteiger partial charge in [-0.25, -0.2) is 0 Å². The van der Waals surface area contributed by atoms with Crippen molar-refractivity contribution in [3.8, 4) is 0 Å². The Morgan fingerprint density at radius 2 is 1.64 bits per heavy atom. The van der Waals surface area contributed by atoms with E-state index in [-0.39, 0.29) is 5.41 Å². The minimum atomic E-state index is -0.00928. The molecule has 4 rings (SSSR count). The fraction of sp³-hybridized carbons (Fsp3) is 0.348. The van der Waals surface area contributed by atoms with Crippen molar-refractivity contribution in [2.45, 2.75) is 19.3 Å².